The van der Waals surface area contributed by atoms with E-state index in [1.807, 2.05) is 0 Å². The minimum atomic E-state index is -0.492. The van der Waals surface area contributed by atoms with Crippen LogP contribution in [0.4, 0.5) is 4.39 Å². The van der Waals surface area contributed by atoms with Gasteiger partial charge in [-0.05, 0) is 25.1 Å². The van der Waals surface area contributed by atoms with Gasteiger partial charge in [0.1, 0.15) is 19.4 Å². The Morgan fingerprint density at radius 3 is 2.65 bits per heavy atom. The van der Waals surface area contributed by atoms with Crippen molar-refractivity contribution in [3.8, 4) is 0 Å². The normalized spacial score (nSPS) is 10.5. The van der Waals surface area contributed by atoms with Gasteiger partial charge in [0.25, 0.3) is 0 Å². The lowest BCUT2D eigenvalue weighted by Gasteiger charge is -2.03. The number of benzene rings is 1. The first-order valence-electron chi connectivity index (χ1n) is 5.30. The molecule has 0 radical (unpaired) electrons. The predicted molar refractivity (Wildman–Crippen MR) is 66.0 cm³/mol. The summed E-state index contributed by atoms with van der Waals surface area (Å²) in [5.74, 6) is -0.834. The molecule has 0 spiro atoms. The van der Waals surface area contributed by atoms with E-state index in [4.69, 9.17) is 0 Å². The first-order valence-corrected chi connectivity index (χ1v) is 5.30. The molecule has 2 rings (SSSR count). The van der Waals surface area contributed by atoms with Gasteiger partial charge in [0.05, 0.1) is 11.3 Å². The molecule has 0 amide bonds. The largest absolute Gasteiger partial charge is 0.287 e. The summed E-state index contributed by atoms with van der Waals surface area (Å²) in [6.07, 6.45) is 0. The lowest BCUT2D eigenvalue weighted by Crippen LogP contribution is -2.12. The van der Waals surface area contributed by atoms with E-state index in [2.05, 4.69) is 5.10 Å². The molecule has 86 valence electrons. The van der Waals surface area contributed by atoms with Crippen LogP contribution in [0.1, 0.15) is 21.7 Å². The van der Waals surface area contributed by atoms with Crippen molar-refractivity contribution in [3.05, 3.63) is 47.0 Å². The van der Waals surface area contributed by atoms with Crippen molar-refractivity contribution in [1.82, 2.24) is 9.78 Å². The van der Waals surface area contributed by atoms with Gasteiger partial charge >= 0.3 is 0 Å². The maximum atomic E-state index is 13.7. The Labute approximate surface area is 99.7 Å². The molecule has 0 N–H and O–H groups in total. The Hall–Kier alpha value is -1.91. The Morgan fingerprint density at radius 1 is 1.41 bits per heavy atom. The predicted octanol–water partition coefficient (Wildman–Crippen LogP) is 0.357. The molecular weight excluding hydrogens is 218 g/mol. The second-order valence-electron chi connectivity index (χ2n) is 4.11. The molecule has 3 nitrogen and oxygen atoms in total. The Kier molecular flexibility index (Phi) is 2.83. The number of aromatic nitrogens is 2. The highest BCUT2D eigenvalue weighted by Crippen LogP contribution is 2.13. The summed E-state index contributed by atoms with van der Waals surface area (Å²) in [5, 5.41) is 4.08. The molecule has 1 aromatic carbocycles. The third-order valence-electron chi connectivity index (χ3n) is 2.60. The zero-order chi connectivity index (χ0) is 12.6. The summed E-state index contributed by atoms with van der Waals surface area (Å²) in [6, 6.07) is 6.24. The van der Waals surface area contributed by atoms with Crippen molar-refractivity contribution < 1.29 is 9.18 Å². The van der Waals surface area contributed by atoms with Gasteiger partial charge in [-0.1, -0.05) is 11.5 Å². The van der Waals surface area contributed by atoms with Crippen LogP contribution in [0.25, 0.3) is 0 Å². The average molecular weight is 230 g/mol. The van der Waals surface area contributed by atoms with Crippen molar-refractivity contribution in [3.63, 3.8) is 0 Å². The monoisotopic (exact) mass is 230 g/mol. The second-order valence-corrected chi connectivity index (χ2v) is 4.11. The molecule has 17 heavy (non-hydrogen) atoms. The van der Waals surface area contributed by atoms with Crippen molar-refractivity contribution in [2.75, 3.05) is 0 Å². The number of hydrogen-bond acceptors (Lipinski definition) is 2. The lowest BCUT2D eigenvalue weighted by atomic mass is 9.93. The fourth-order valence-electron chi connectivity index (χ4n) is 1.77. The molecule has 5 heteroatoms. The maximum Gasteiger partial charge on any atom is 0.213 e. The van der Waals surface area contributed by atoms with Gasteiger partial charge in [-0.2, -0.15) is 5.10 Å². The van der Waals surface area contributed by atoms with E-state index in [1.54, 1.807) is 34.0 Å². The smallest absolute Gasteiger partial charge is 0.213 e. The summed E-state index contributed by atoms with van der Waals surface area (Å²) in [6.45, 7) is 1.79. The van der Waals surface area contributed by atoms with Gasteiger partial charge in [-0.25, -0.2) is 4.39 Å². The number of nitrogens with zero attached hydrogens (tertiary/aromatic N) is 2. The van der Waals surface area contributed by atoms with E-state index in [9.17, 15) is 9.18 Å². The van der Waals surface area contributed by atoms with Crippen molar-refractivity contribution in [2.24, 2.45) is 7.05 Å². The zero-order valence-corrected chi connectivity index (χ0v) is 9.99. The average Bonchev–Trinajstić information content (AvgIpc) is 2.57. The summed E-state index contributed by atoms with van der Waals surface area (Å²) >= 11 is 0. The summed E-state index contributed by atoms with van der Waals surface area (Å²) < 4.78 is 15.1. The van der Waals surface area contributed by atoms with Crippen LogP contribution in [0.15, 0.2) is 24.3 Å². The van der Waals surface area contributed by atoms with Gasteiger partial charge in [0, 0.05) is 7.05 Å². The number of halogens is 1. The third-order valence-corrected chi connectivity index (χ3v) is 2.60. The molecule has 0 saturated carbocycles. The zero-order valence-electron chi connectivity index (χ0n) is 9.99. The molecule has 0 saturated heterocycles. The fraction of sp³-hybridized carbons (Fsp3) is 0.167. The SMILES string of the molecule is Bc1ccc(C(=O)c2cc(C)nn2C)c(F)c1. The number of aryl methyl sites for hydroxylation is 2. The maximum absolute atomic E-state index is 13.7. The minimum Gasteiger partial charge on any atom is -0.287 e. The van der Waals surface area contributed by atoms with Gasteiger partial charge in [-0.15, -0.1) is 0 Å². The molecule has 1 heterocycles. The van der Waals surface area contributed by atoms with Gasteiger partial charge < -0.3 is 0 Å². The standard InChI is InChI=1S/C12H12BFN2O/c1-7-5-11(16(2)15-7)12(17)9-4-3-8(13)6-10(9)14/h3-6H,13H2,1-2H3. The minimum absolute atomic E-state index is 0.0820. The first kappa shape index (κ1) is 11.6. The van der Waals surface area contributed by atoms with Crippen molar-refractivity contribution >= 4 is 19.1 Å². The number of carbonyl (C=O) groups excluding carboxylic acids is 1. The molecule has 0 unspecified atom stereocenters. The summed E-state index contributed by atoms with van der Waals surface area (Å²) in [4.78, 5) is 12.1. The number of ketones is 1. The topological polar surface area (TPSA) is 34.9 Å². The molecule has 0 aliphatic rings. The summed E-state index contributed by atoms with van der Waals surface area (Å²) in [7, 11) is 3.46. The molecule has 1 aromatic heterocycles. The highest BCUT2D eigenvalue weighted by Gasteiger charge is 2.17. The van der Waals surface area contributed by atoms with Crippen LogP contribution in [0.5, 0.6) is 0 Å². The van der Waals surface area contributed by atoms with Gasteiger partial charge in [-0.3, -0.25) is 9.48 Å². The molecule has 0 aliphatic carbocycles. The Morgan fingerprint density at radius 2 is 2.12 bits per heavy atom. The van der Waals surface area contributed by atoms with Crippen LogP contribution in [0, 0.1) is 12.7 Å². The highest BCUT2D eigenvalue weighted by atomic mass is 19.1. The van der Waals surface area contributed by atoms with Crippen molar-refractivity contribution in [2.45, 2.75) is 6.92 Å². The fourth-order valence-corrected chi connectivity index (χ4v) is 1.77. The van der Waals surface area contributed by atoms with Gasteiger partial charge in [0.2, 0.25) is 5.78 Å². The van der Waals surface area contributed by atoms with Crippen LogP contribution >= 0.6 is 0 Å². The molecule has 0 aliphatic heterocycles. The molecule has 2 aromatic rings. The third kappa shape index (κ3) is 2.13. The second kappa shape index (κ2) is 4.16. The number of rotatable bonds is 2. The molecular formula is C12H12BFN2O. The quantitative estimate of drug-likeness (QED) is 0.551. The van der Waals surface area contributed by atoms with Crippen LogP contribution in [-0.2, 0) is 7.05 Å². The molecule has 0 fully saturated rings. The van der Waals surface area contributed by atoms with E-state index in [-0.39, 0.29) is 11.3 Å². The van der Waals surface area contributed by atoms with E-state index < -0.39 is 5.82 Å². The summed E-state index contributed by atoms with van der Waals surface area (Å²) in [5.41, 5.74) is 2.01. The van der Waals surface area contributed by atoms with Crippen LogP contribution in [0.3, 0.4) is 0 Å². The van der Waals surface area contributed by atoms with Crippen LogP contribution in [-0.4, -0.2) is 23.4 Å². The first-order chi connectivity index (χ1) is 7.99. The lowest BCUT2D eigenvalue weighted by molar-refractivity contribution is 0.102. The van der Waals surface area contributed by atoms with Crippen molar-refractivity contribution in [1.29, 1.82) is 0 Å². The van der Waals surface area contributed by atoms with Gasteiger partial charge in [0.15, 0.2) is 0 Å². The van der Waals surface area contributed by atoms with Crippen LogP contribution < -0.4 is 5.46 Å². The van der Waals surface area contributed by atoms with E-state index >= 15 is 0 Å². The Bertz CT molecular complexity index is 592. The molecule has 0 bridgehead atoms. The Balaban J connectivity index is 2.47. The number of hydrogen-bond donors (Lipinski definition) is 0. The highest BCUT2D eigenvalue weighted by molar-refractivity contribution is 6.32. The van der Waals surface area contributed by atoms with E-state index in [0.717, 1.165) is 11.2 Å². The van der Waals surface area contributed by atoms with E-state index in [0.29, 0.717) is 5.69 Å². The number of carbonyl (C=O) groups is 1. The van der Waals surface area contributed by atoms with Crippen LogP contribution in [0.2, 0.25) is 0 Å². The molecule has 0 atom stereocenters. The van der Waals surface area contributed by atoms with E-state index in [1.165, 1.54) is 16.8 Å².